The van der Waals surface area contributed by atoms with E-state index in [2.05, 4.69) is 11.8 Å². The van der Waals surface area contributed by atoms with E-state index in [0.29, 0.717) is 31.7 Å². The Morgan fingerprint density at radius 2 is 1.68 bits per heavy atom. The second kappa shape index (κ2) is 8.29. The summed E-state index contributed by atoms with van der Waals surface area (Å²) in [7, 11) is -3.56. The van der Waals surface area contributed by atoms with E-state index >= 15 is 0 Å². The number of piperazine rings is 1. The van der Waals surface area contributed by atoms with Crippen LogP contribution in [0.4, 0.5) is 0 Å². The van der Waals surface area contributed by atoms with Crippen molar-refractivity contribution in [2.24, 2.45) is 0 Å². The van der Waals surface area contributed by atoms with Gasteiger partial charge >= 0.3 is 0 Å². The maximum atomic E-state index is 12.9. The quantitative estimate of drug-likeness (QED) is 0.769. The number of nitrogens with zero attached hydrogens (tertiary/aromatic N) is 3. The average Bonchev–Trinajstić information content (AvgIpc) is 2.62. The first-order valence-electron chi connectivity index (χ1n) is 8.97. The zero-order chi connectivity index (χ0) is 18.6. The summed E-state index contributed by atoms with van der Waals surface area (Å²) in [5.74, 6) is -0.0788. The largest absolute Gasteiger partial charge is 0.336 e. The molecule has 140 valence electrons. The molecule has 1 fully saturated rings. The minimum Gasteiger partial charge on any atom is -0.336 e. The fourth-order valence-electron chi connectivity index (χ4n) is 3.14. The number of hydrogen-bond donors (Lipinski definition) is 0. The summed E-state index contributed by atoms with van der Waals surface area (Å²) in [4.78, 5) is 17.2. The first kappa shape index (κ1) is 19.9. The van der Waals surface area contributed by atoms with Crippen molar-refractivity contribution in [3.63, 3.8) is 0 Å². The first-order valence-corrected chi connectivity index (χ1v) is 10.4. The monoisotopic (exact) mass is 367 g/mol. The van der Waals surface area contributed by atoms with Crippen LogP contribution in [0.25, 0.3) is 0 Å². The number of carbonyl (C=O) groups is 1. The lowest BCUT2D eigenvalue weighted by Gasteiger charge is -2.34. The highest BCUT2D eigenvalue weighted by Crippen LogP contribution is 2.21. The summed E-state index contributed by atoms with van der Waals surface area (Å²) in [5.41, 5.74) is 1.29. The van der Waals surface area contributed by atoms with Crippen molar-refractivity contribution in [3.05, 3.63) is 29.3 Å². The molecule has 1 aliphatic heterocycles. The van der Waals surface area contributed by atoms with Gasteiger partial charge in [0, 0.05) is 44.8 Å². The number of amides is 1. The summed E-state index contributed by atoms with van der Waals surface area (Å²) in [6.45, 7) is 12.5. The van der Waals surface area contributed by atoms with E-state index in [1.54, 1.807) is 12.1 Å². The van der Waals surface area contributed by atoms with Gasteiger partial charge in [-0.25, -0.2) is 8.42 Å². The molecular weight excluding hydrogens is 338 g/mol. The van der Waals surface area contributed by atoms with Gasteiger partial charge in [0.05, 0.1) is 4.90 Å². The van der Waals surface area contributed by atoms with Crippen molar-refractivity contribution in [2.75, 3.05) is 45.8 Å². The third-order valence-electron chi connectivity index (χ3n) is 4.89. The lowest BCUT2D eigenvalue weighted by molar-refractivity contribution is 0.0642. The zero-order valence-electron chi connectivity index (χ0n) is 15.7. The van der Waals surface area contributed by atoms with Crippen molar-refractivity contribution in [1.29, 1.82) is 0 Å². The molecule has 2 rings (SSSR count). The van der Waals surface area contributed by atoms with Crippen molar-refractivity contribution in [1.82, 2.24) is 14.1 Å². The molecule has 1 saturated heterocycles. The van der Waals surface area contributed by atoms with Gasteiger partial charge in [-0.3, -0.25) is 4.79 Å². The minimum atomic E-state index is -3.56. The van der Waals surface area contributed by atoms with Crippen molar-refractivity contribution >= 4 is 15.9 Å². The maximum absolute atomic E-state index is 12.9. The normalized spacial score (nSPS) is 16.4. The Labute approximate surface area is 151 Å². The molecule has 25 heavy (non-hydrogen) atoms. The van der Waals surface area contributed by atoms with Crippen molar-refractivity contribution in [2.45, 2.75) is 32.6 Å². The smallest absolute Gasteiger partial charge is 0.254 e. The van der Waals surface area contributed by atoms with E-state index in [1.165, 1.54) is 10.4 Å². The number of benzene rings is 1. The van der Waals surface area contributed by atoms with Crippen molar-refractivity contribution < 1.29 is 13.2 Å². The van der Waals surface area contributed by atoms with Gasteiger partial charge in [0.2, 0.25) is 10.0 Å². The van der Waals surface area contributed by atoms with Gasteiger partial charge in [0.15, 0.2) is 0 Å². The highest BCUT2D eigenvalue weighted by atomic mass is 32.2. The maximum Gasteiger partial charge on any atom is 0.254 e. The number of rotatable bonds is 6. The fourth-order valence-corrected chi connectivity index (χ4v) is 4.63. The topological polar surface area (TPSA) is 60.9 Å². The molecule has 1 aliphatic rings. The molecule has 1 amide bonds. The van der Waals surface area contributed by atoms with Crippen LogP contribution in [0.15, 0.2) is 23.1 Å². The van der Waals surface area contributed by atoms with Crippen LogP contribution in [0.3, 0.4) is 0 Å². The van der Waals surface area contributed by atoms with Crippen LogP contribution in [0, 0.1) is 6.92 Å². The average molecular weight is 368 g/mol. The number of carbonyl (C=O) groups excluding carboxylic acids is 1. The number of sulfonamides is 1. The minimum absolute atomic E-state index is 0.0788. The Bertz CT molecular complexity index is 706. The lowest BCUT2D eigenvalue weighted by atomic mass is 10.1. The van der Waals surface area contributed by atoms with Gasteiger partial charge in [-0.2, -0.15) is 4.31 Å². The highest BCUT2D eigenvalue weighted by molar-refractivity contribution is 7.89. The Hall–Kier alpha value is -1.44. The van der Waals surface area contributed by atoms with E-state index < -0.39 is 10.0 Å². The number of likely N-dealkylation sites (N-methyl/N-ethyl adjacent to an activating group) is 1. The summed E-state index contributed by atoms with van der Waals surface area (Å²) in [5, 5.41) is 0. The molecule has 0 spiro atoms. The van der Waals surface area contributed by atoms with E-state index in [1.807, 2.05) is 25.7 Å². The van der Waals surface area contributed by atoms with Gasteiger partial charge in [0.25, 0.3) is 5.91 Å². The van der Waals surface area contributed by atoms with Crippen molar-refractivity contribution in [3.8, 4) is 0 Å². The van der Waals surface area contributed by atoms with Crippen LogP contribution >= 0.6 is 0 Å². The van der Waals surface area contributed by atoms with Crippen LogP contribution < -0.4 is 0 Å². The van der Waals surface area contributed by atoms with E-state index in [9.17, 15) is 13.2 Å². The summed E-state index contributed by atoms with van der Waals surface area (Å²) in [6, 6.07) is 4.86. The van der Waals surface area contributed by atoms with Crippen LogP contribution in [-0.2, 0) is 10.0 Å². The zero-order valence-corrected chi connectivity index (χ0v) is 16.5. The number of hydrogen-bond acceptors (Lipinski definition) is 4. The van der Waals surface area contributed by atoms with Crippen LogP contribution in [0.5, 0.6) is 0 Å². The predicted octanol–water partition coefficient (Wildman–Crippen LogP) is 1.80. The first-order chi connectivity index (χ1) is 11.8. The molecular formula is C18H29N3O3S. The SMILES string of the molecule is CCN1CCN(C(=O)c2cc(S(=O)(=O)N(CC)CC)ccc2C)CC1. The van der Waals surface area contributed by atoms with Gasteiger partial charge < -0.3 is 9.80 Å². The molecule has 1 aromatic rings. The van der Waals surface area contributed by atoms with E-state index in [0.717, 1.165) is 25.2 Å². The van der Waals surface area contributed by atoms with Crippen LogP contribution in [0.1, 0.15) is 36.7 Å². The summed E-state index contributed by atoms with van der Waals surface area (Å²) >= 11 is 0. The summed E-state index contributed by atoms with van der Waals surface area (Å²) < 4.78 is 26.9. The van der Waals surface area contributed by atoms with E-state index in [-0.39, 0.29) is 10.8 Å². The molecule has 0 N–H and O–H groups in total. The molecule has 6 nitrogen and oxygen atoms in total. The molecule has 0 aromatic heterocycles. The van der Waals surface area contributed by atoms with E-state index in [4.69, 9.17) is 0 Å². The molecule has 0 unspecified atom stereocenters. The van der Waals surface area contributed by atoms with Gasteiger partial charge in [-0.05, 0) is 31.2 Å². The lowest BCUT2D eigenvalue weighted by Crippen LogP contribution is -2.48. The molecule has 1 aromatic carbocycles. The van der Waals surface area contributed by atoms with Gasteiger partial charge in [-0.15, -0.1) is 0 Å². The Balaban J connectivity index is 2.29. The molecule has 0 bridgehead atoms. The third-order valence-corrected chi connectivity index (χ3v) is 6.94. The molecule has 0 aliphatic carbocycles. The standard InChI is InChI=1S/C18H29N3O3S/c1-5-19-10-12-20(13-11-19)18(22)17-14-16(9-8-15(17)4)25(23,24)21(6-2)7-3/h8-9,14H,5-7,10-13H2,1-4H3. The Morgan fingerprint density at radius 3 is 2.20 bits per heavy atom. The molecule has 1 heterocycles. The molecule has 0 saturated carbocycles. The molecule has 7 heteroatoms. The molecule has 0 radical (unpaired) electrons. The van der Waals surface area contributed by atoms with Crippen LogP contribution in [-0.4, -0.2) is 74.2 Å². The third kappa shape index (κ3) is 4.22. The van der Waals surface area contributed by atoms with Crippen LogP contribution in [0.2, 0.25) is 0 Å². The Kier molecular flexibility index (Phi) is 6.59. The Morgan fingerprint density at radius 1 is 1.08 bits per heavy atom. The second-order valence-electron chi connectivity index (χ2n) is 6.29. The summed E-state index contributed by atoms with van der Waals surface area (Å²) in [6.07, 6.45) is 0. The fraction of sp³-hybridized carbons (Fsp3) is 0.611. The highest BCUT2D eigenvalue weighted by Gasteiger charge is 2.26. The second-order valence-corrected chi connectivity index (χ2v) is 8.23. The predicted molar refractivity (Wildman–Crippen MR) is 99.3 cm³/mol. The molecule has 0 atom stereocenters. The van der Waals surface area contributed by atoms with Gasteiger partial charge in [-0.1, -0.05) is 26.8 Å². The number of aryl methyl sites for hydroxylation is 1. The van der Waals surface area contributed by atoms with Gasteiger partial charge in [0.1, 0.15) is 0 Å².